The number of piperidine rings is 1. The zero-order valence-electron chi connectivity index (χ0n) is 10.2. The van der Waals surface area contributed by atoms with Crippen molar-refractivity contribution in [1.82, 2.24) is 20.1 Å². The van der Waals surface area contributed by atoms with Crippen LogP contribution in [0.2, 0.25) is 0 Å². The van der Waals surface area contributed by atoms with Gasteiger partial charge in [-0.15, -0.1) is 5.10 Å². The predicted molar refractivity (Wildman–Crippen MR) is 69.5 cm³/mol. The molecule has 0 unspecified atom stereocenters. The fraction of sp³-hybridized carbons (Fsp3) is 0.818. The molecule has 0 aromatic carbocycles. The molecule has 0 atom stereocenters. The molecule has 1 saturated heterocycles. The molecule has 17 heavy (non-hydrogen) atoms. The van der Waals surface area contributed by atoms with Crippen LogP contribution in [-0.2, 0) is 6.54 Å². The van der Waals surface area contributed by atoms with Gasteiger partial charge >= 0.3 is 5.69 Å². The quantitative estimate of drug-likeness (QED) is 0.774. The lowest BCUT2D eigenvalue weighted by Crippen LogP contribution is -2.28. The molecule has 2 rings (SSSR count). The van der Waals surface area contributed by atoms with E-state index in [4.69, 9.17) is 0 Å². The maximum absolute atomic E-state index is 11.5. The van der Waals surface area contributed by atoms with Gasteiger partial charge in [-0.05, 0) is 38.3 Å². The van der Waals surface area contributed by atoms with Gasteiger partial charge in [0.1, 0.15) is 0 Å². The van der Waals surface area contributed by atoms with Crippen LogP contribution in [0.25, 0.3) is 0 Å². The van der Waals surface area contributed by atoms with Gasteiger partial charge in [0.25, 0.3) is 0 Å². The zero-order chi connectivity index (χ0) is 12.1. The van der Waals surface area contributed by atoms with Crippen molar-refractivity contribution in [3.8, 4) is 0 Å². The van der Waals surface area contributed by atoms with Crippen molar-refractivity contribution < 1.29 is 0 Å². The molecule has 2 N–H and O–H groups in total. The van der Waals surface area contributed by atoms with Crippen LogP contribution in [0.5, 0.6) is 0 Å². The minimum atomic E-state index is -0.0836. The number of aromatic amines is 1. The predicted octanol–water partition coefficient (Wildman–Crippen LogP) is 1.07. The molecule has 96 valence electrons. The molecule has 0 amide bonds. The van der Waals surface area contributed by atoms with Crippen molar-refractivity contribution in [3.05, 3.63) is 10.5 Å². The highest BCUT2D eigenvalue weighted by molar-refractivity contribution is 7.99. The summed E-state index contributed by atoms with van der Waals surface area (Å²) < 4.78 is 1.74. The number of thioether (sulfide) groups is 1. The molecule has 0 radical (unpaired) electrons. The van der Waals surface area contributed by atoms with E-state index in [1.54, 1.807) is 16.3 Å². The van der Waals surface area contributed by atoms with Gasteiger partial charge in [-0.1, -0.05) is 18.7 Å². The average molecular weight is 256 g/mol. The van der Waals surface area contributed by atoms with Crippen LogP contribution in [0, 0.1) is 5.92 Å². The molecule has 0 aliphatic carbocycles. The number of nitrogens with zero attached hydrogens (tertiary/aromatic N) is 2. The first-order chi connectivity index (χ1) is 8.31. The van der Waals surface area contributed by atoms with Crippen molar-refractivity contribution in [3.63, 3.8) is 0 Å². The van der Waals surface area contributed by atoms with Crippen molar-refractivity contribution in [2.75, 3.05) is 18.8 Å². The van der Waals surface area contributed by atoms with Gasteiger partial charge in [-0.25, -0.2) is 9.89 Å². The number of rotatable bonds is 5. The number of H-pyrrole nitrogens is 1. The van der Waals surface area contributed by atoms with E-state index in [2.05, 4.69) is 22.4 Å². The lowest BCUT2D eigenvalue weighted by molar-refractivity contribution is 0.407. The summed E-state index contributed by atoms with van der Waals surface area (Å²) in [6.07, 6.45) is 3.42. The minimum absolute atomic E-state index is 0.0836. The van der Waals surface area contributed by atoms with Crippen LogP contribution in [0.15, 0.2) is 9.95 Å². The van der Waals surface area contributed by atoms with Gasteiger partial charge in [0.2, 0.25) is 0 Å². The van der Waals surface area contributed by atoms with E-state index >= 15 is 0 Å². The molecule has 1 aromatic rings. The Bertz CT molecular complexity index is 394. The van der Waals surface area contributed by atoms with Gasteiger partial charge in [0.15, 0.2) is 5.16 Å². The molecule has 1 aromatic heterocycles. The molecule has 5 nitrogen and oxygen atoms in total. The highest BCUT2D eigenvalue weighted by atomic mass is 32.2. The van der Waals surface area contributed by atoms with E-state index in [0.29, 0.717) is 0 Å². The molecule has 2 heterocycles. The summed E-state index contributed by atoms with van der Waals surface area (Å²) in [5.41, 5.74) is -0.0836. The third-order valence-corrected chi connectivity index (χ3v) is 4.29. The fourth-order valence-corrected chi connectivity index (χ4v) is 3.23. The van der Waals surface area contributed by atoms with Gasteiger partial charge in [-0.2, -0.15) is 0 Å². The lowest BCUT2D eigenvalue weighted by Gasteiger charge is -2.21. The zero-order valence-corrected chi connectivity index (χ0v) is 11.1. The van der Waals surface area contributed by atoms with Gasteiger partial charge in [0.05, 0.1) is 0 Å². The average Bonchev–Trinajstić information content (AvgIpc) is 2.70. The second-order valence-corrected chi connectivity index (χ2v) is 5.45. The van der Waals surface area contributed by atoms with E-state index in [9.17, 15) is 4.79 Å². The molecule has 1 aliphatic rings. The van der Waals surface area contributed by atoms with E-state index in [0.717, 1.165) is 42.9 Å². The standard InChI is InChI=1S/C11H20N4OS/c1-2-7-15-10(16)13-14-11(15)17-8-9-3-5-12-6-4-9/h9,12H,2-8H2,1H3,(H,13,16). The van der Waals surface area contributed by atoms with Crippen molar-refractivity contribution in [2.24, 2.45) is 5.92 Å². The Morgan fingerprint density at radius 3 is 2.94 bits per heavy atom. The smallest absolute Gasteiger partial charge is 0.317 e. The second kappa shape index (κ2) is 6.26. The summed E-state index contributed by atoms with van der Waals surface area (Å²) in [6, 6.07) is 0. The number of hydrogen-bond donors (Lipinski definition) is 2. The third kappa shape index (κ3) is 3.35. The first kappa shape index (κ1) is 12.7. The van der Waals surface area contributed by atoms with Crippen LogP contribution in [0.4, 0.5) is 0 Å². The molecular weight excluding hydrogens is 236 g/mol. The van der Waals surface area contributed by atoms with Crippen LogP contribution >= 0.6 is 11.8 Å². The van der Waals surface area contributed by atoms with Crippen LogP contribution in [0.3, 0.4) is 0 Å². The Kier molecular flexibility index (Phi) is 4.67. The second-order valence-electron chi connectivity index (χ2n) is 4.47. The van der Waals surface area contributed by atoms with E-state index in [-0.39, 0.29) is 5.69 Å². The SMILES string of the molecule is CCCn1c(SCC2CCNCC2)n[nH]c1=O. The highest BCUT2D eigenvalue weighted by Crippen LogP contribution is 2.22. The van der Waals surface area contributed by atoms with Gasteiger partial charge in [-0.3, -0.25) is 4.57 Å². The molecular formula is C11H20N4OS. The van der Waals surface area contributed by atoms with Crippen molar-refractivity contribution >= 4 is 11.8 Å². The normalized spacial score (nSPS) is 17.5. The summed E-state index contributed by atoms with van der Waals surface area (Å²) in [5.74, 6) is 1.82. The molecule has 1 fully saturated rings. The summed E-state index contributed by atoms with van der Waals surface area (Å²) in [5, 5.41) is 10.8. The summed E-state index contributed by atoms with van der Waals surface area (Å²) >= 11 is 1.71. The van der Waals surface area contributed by atoms with Crippen molar-refractivity contribution in [2.45, 2.75) is 37.9 Å². The van der Waals surface area contributed by atoms with Crippen LogP contribution < -0.4 is 11.0 Å². The Morgan fingerprint density at radius 1 is 1.47 bits per heavy atom. The van der Waals surface area contributed by atoms with E-state index in [1.807, 2.05) is 0 Å². The molecule has 0 bridgehead atoms. The van der Waals surface area contributed by atoms with Crippen LogP contribution in [-0.4, -0.2) is 33.6 Å². The number of nitrogens with one attached hydrogen (secondary N) is 2. The third-order valence-electron chi connectivity index (χ3n) is 3.08. The molecule has 1 aliphatic heterocycles. The Hall–Kier alpha value is -0.750. The first-order valence-corrected chi connectivity index (χ1v) is 7.28. The minimum Gasteiger partial charge on any atom is -0.317 e. The monoisotopic (exact) mass is 256 g/mol. The molecule has 6 heteroatoms. The highest BCUT2D eigenvalue weighted by Gasteiger charge is 2.15. The molecule has 0 spiro atoms. The topological polar surface area (TPSA) is 62.7 Å². The first-order valence-electron chi connectivity index (χ1n) is 6.30. The van der Waals surface area contributed by atoms with E-state index < -0.39 is 0 Å². The summed E-state index contributed by atoms with van der Waals surface area (Å²) in [6.45, 7) is 5.06. The van der Waals surface area contributed by atoms with Crippen molar-refractivity contribution in [1.29, 1.82) is 0 Å². The number of aromatic nitrogens is 3. The van der Waals surface area contributed by atoms with Gasteiger partial charge in [0, 0.05) is 12.3 Å². The Morgan fingerprint density at radius 2 is 2.24 bits per heavy atom. The fourth-order valence-electron chi connectivity index (χ4n) is 2.07. The summed E-state index contributed by atoms with van der Waals surface area (Å²) in [4.78, 5) is 11.5. The lowest BCUT2D eigenvalue weighted by atomic mass is 10.0. The molecule has 0 saturated carbocycles. The van der Waals surface area contributed by atoms with Gasteiger partial charge < -0.3 is 5.32 Å². The largest absolute Gasteiger partial charge is 0.343 e. The summed E-state index contributed by atoms with van der Waals surface area (Å²) in [7, 11) is 0. The van der Waals surface area contributed by atoms with E-state index in [1.165, 1.54) is 12.8 Å². The van der Waals surface area contributed by atoms with Crippen LogP contribution in [0.1, 0.15) is 26.2 Å². The Labute approximate surface area is 105 Å². The number of hydrogen-bond acceptors (Lipinski definition) is 4. The Balaban J connectivity index is 1.91. The maximum Gasteiger partial charge on any atom is 0.343 e. The maximum atomic E-state index is 11.5.